The van der Waals surface area contributed by atoms with Crippen LogP contribution >= 0.6 is 0 Å². The van der Waals surface area contributed by atoms with E-state index in [1.807, 2.05) is 31.2 Å². The number of nitro benzene ring substituents is 1. The van der Waals surface area contributed by atoms with Crippen molar-refractivity contribution in [3.05, 3.63) is 58.1 Å². The van der Waals surface area contributed by atoms with Crippen molar-refractivity contribution in [2.24, 2.45) is 0 Å². The first-order valence-corrected chi connectivity index (χ1v) is 7.66. The van der Waals surface area contributed by atoms with Crippen LogP contribution < -0.4 is 15.4 Å². The second-order valence-corrected chi connectivity index (χ2v) is 5.23. The molecule has 128 valence electrons. The van der Waals surface area contributed by atoms with Crippen molar-refractivity contribution in [1.29, 1.82) is 0 Å². The Balaban J connectivity index is 1.94. The van der Waals surface area contributed by atoms with Gasteiger partial charge in [-0.05, 0) is 25.1 Å². The first kappa shape index (κ1) is 17.6. The van der Waals surface area contributed by atoms with Crippen LogP contribution in [-0.2, 0) is 0 Å². The molecule has 0 unspecified atom stereocenters. The Bertz CT molecular complexity index is 674. The van der Waals surface area contributed by atoms with Gasteiger partial charge in [-0.3, -0.25) is 10.1 Å². The quantitative estimate of drug-likeness (QED) is 0.371. The summed E-state index contributed by atoms with van der Waals surface area (Å²) in [6.07, 6.45) is 0. The highest BCUT2D eigenvalue weighted by Crippen LogP contribution is 2.26. The summed E-state index contributed by atoms with van der Waals surface area (Å²) in [5.41, 5.74) is 2.47. The molecule has 3 N–H and O–H groups in total. The number of aliphatic hydroxyl groups is 1. The molecule has 0 bridgehead atoms. The molecule has 0 atom stereocenters. The van der Waals surface area contributed by atoms with Gasteiger partial charge in [0, 0.05) is 25.2 Å². The summed E-state index contributed by atoms with van der Waals surface area (Å²) >= 11 is 0. The molecule has 0 aromatic heterocycles. The average molecular weight is 331 g/mol. The van der Waals surface area contributed by atoms with Gasteiger partial charge in [0.15, 0.2) is 0 Å². The summed E-state index contributed by atoms with van der Waals surface area (Å²) in [5, 5.41) is 26.0. The van der Waals surface area contributed by atoms with Crippen LogP contribution in [0.4, 0.5) is 17.1 Å². The van der Waals surface area contributed by atoms with E-state index in [0.717, 1.165) is 11.3 Å². The number of hydrogen-bond acceptors (Lipinski definition) is 6. The van der Waals surface area contributed by atoms with Gasteiger partial charge < -0.3 is 20.5 Å². The summed E-state index contributed by atoms with van der Waals surface area (Å²) in [5.74, 6) is 0.778. The normalized spacial score (nSPS) is 10.2. The standard InChI is InChI=1S/C17H21N3O4/c1-13-2-5-15(6-3-13)24-11-9-19-17-12-14(20(22)23)4-7-16(17)18-8-10-21/h2-7,12,18-19,21H,8-11H2,1H3. The number of aliphatic hydroxyl groups excluding tert-OH is 1. The third-order valence-electron chi connectivity index (χ3n) is 3.35. The van der Waals surface area contributed by atoms with E-state index in [0.29, 0.717) is 31.1 Å². The summed E-state index contributed by atoms with van der Waals surface area (Å²) < 4.78 is 5.62. The minimum atomic E-state index is -0.441. The number of anilines is 2. The van der Waals surface area contributed by atoms with Gasteiger partial charge >= 0.3 is 0 Å². The van der Waals surface area contributed by atoms with Crippen molar-refractivity contribution in [3.8, 4) is 5.75 Å². The van der Waals surface area contributed by atoms with Crippen LogP contribution in [0.15, 0.2) is 42.5 Å². The van der Waals surface area contributed by atoms with E-state index < -0.39 is 4.92 Å². The van der Waals surface area contributed by atoms with Gasteiger partial charge in [-0.1, -0.05) is 17.7 Å². The highest BCUT2D eigenvalue weighted by molar-refractivity contribution is 5.71. The molecule has 2 aromatic carbocycles. The number of hydrogen-bond donors (Lipinski definition) is 3. The Morgan fingerprint density at radius 2 is 1.79 bits per heavy atom. The van der Waals surface area contributed by atoms with E-state index in [1.165, 1.54) is 12.1 Å². The van der Waals surface area contributed by atoms with Crippen molar-refractivity contribution in [3.63, 3.8) is 0 Å². The van der Waals surface area contributed by atoms with E-state index in [2.05, 4.69) is 10.6 Å². The molecule has 0 aliphatic carbocycles. The number of aryl methyl sites for hydroxylation is 1. The number of benzene rings is 2. The second kappa shape index (κ2) is 8.73. The van der Waals surface area contributed by atoms with Gasteiger partial charge in [-0.15, -0.1) is 0 Å². The SMILES string of the molecule is Cc1ccc(OCCNc2cc([N+](=O)[O-])ccc2NCCO)cc1. The summed E-state index contributed by atoms with van der Waals surface area (Å²) in [6, 6.07) is 12.3. The molecular weight excluding hydrogens is 310 g/mol. The average Bonchev–Trinajstić information content (AvgIpc) is 2.58. The van der Waals surface area contributed by atoms with Crippen LogP contribution in [0.3, 0.4) is 0 Å². The van der Waals surface area contributed by atoms with Gasteiger partial charge in [0.05, 0.1) is 22.9 Å². The molecule has 7 heteroatoms. The molecule has 0 heterocycles. The maximum Gasteiger partial charge on any atom is 0.271 e. The van der Waals surface area contributed by atoms with Crippen molar-refractivity contribution in [1.82, 2.24) is 0 Å². The van der Waals surface area contributed by atoms with Gasteiger partial charge in [-0.2, -0.15) is 0 Å². The number of nitro groups is 1. The molecule has 0 radical (unpaired) electrons. The number of rotatable bonds is 9. The molecule has 0 saturated heterocycles. The Kier molecular flexibility index (Phi) is 6.39. The van der Waals surface area contributed by atoms with Gasteiger partial charge in [0.25, 0.3) is 5.69 Å². The zero-order valence-electron chi connectivity index (χ0n) is 13.5. The second-order valence-electron chi connectivity index (χ2n) is 5.23. The third kappa shape index (κ3) is 5.13. The molecule has 0 spiro atoms. The Morgan fingerprint density at radius 1 is 1.08 bits per heavy atom. The summed E-state index contributed by atoms with van der Waals surface area (Å²) in [4.78, 5) is 10.5. The van der Waals surface area contributed by atoms with Crippen molar-refractivity contribution in [2.75, 3.05) is 36.9 Å². The molecule has 0 aliphatic heterocycles. The van der Waals surface area contributed by atoms with Gasteiger partial charge in [0.1, 0.15) is 12.4 Å². The lowest BCUT2D eigenvalue weighted by Crippen LogP contribution is -2.14. The molecule has 2 aromatic rings. The van der Waals surface area contributed by atoms with Crippen molar-refractivity contribution < 1.29 is 14.8 Å². The van der Waals surface area contributed by atoms with Gasteiger partial charge in [-0.25, -0.2) is 0 Å². The third-order valence-corrected chi connectivity index (χ3v) is 3.35. The fourth-order valence-corrected chi connectivity index (χ4v) is 2.13. The molecule has 0 fully saturated rings. The fraction of sp³-hybridized carbons (Fsp3) is 0.294. The molecular formula is C17H21N3O4. The van der Waals surface area contributed by atoms with Gasteiger partial charge in [0.2, 0.25) is 0 Å². The maximum atomic E-state index is 10.9. The summed E-state index contributed by atoms with van der Waals surface area (Å²) in [6.45, 7) is 3.27. The van der Waals surface area contributed by atoms with Crippen LogP contribution in [0.5, 0.6) is 5.75 Å². The molecule has 24 heavy (non-hydrogen) atoms. The number of nitrogens with zero attached hydrogens (tertiary/aromatic N) is 1. The molecule has 0 amide bonds. The van der Waals surface area contributed by atoms with Crippen LogP contribution in [0, 0.1) is 17.0 Å². The van der Waals surface area contributed by atoms with Crippen LogP contribution in [0.25, 0.3) is 0 Å². The lowest BCUT2D eigenvalue weighted by atomic mass is 10.2. The Labute approximate surface area is 140 Å². The molecule has 0 saturated carbocycles. The van der Waals surface area contributed by atoms with E-state index >= 15 is 0 Å². The van der Waals surface area contributed by atoms with E-state index in [-0.39, 0.29) is 12.3 Å². The zero-order chi connectivity index (χ0) is 17.4. The Hall–Kier alpha value is -2.80. The van der Waals surface area contributed by atoms with E-state index in [4.69, 9.17) is 9.84 Å². The largest absolute Gasteiger partial charge is 0.492 e. The lowest BCUT2D eigenvalue weighted by molar-refractivity contribution is -0.384. The zero-order valence-corrected chi connectivity index (χ0v) is 13.5. The number of ether oxygens (including phenoxy) is 1. The highest BCUT2D eigenvalue weighted by Gasteiger charge is 2.10. The highest BCUT2D eigenvalue weighted by atomic mass is 16.6. The number of nitrogens with one attached hydrogen (secondary N) is 2. The maximum absolute atomic E-state index is 10.9. The monoisotopic (exact) mass is 331 g/mol. The fourth-order valence-electron chi connectivity index (χ4n) is 2.13. The van der Waals surface area contributed by atoms with Crippen LogP contribution in [0.1, 0.15) is 5.56 Å². The van der Waals surface area contributed by atoms with E-state index in [9.17, 15) is 10.1 Å². The van der Waals surface area contributed by atoms with Crippen molar-refractivity contribution >= 4 is 17.1 Å². The molecule has 7 nitrogen and oxygen atoms in total. The first-order chi connectivity index (χ1) is 11.6. The van der Waals surface area contributed by atoms with E-state index in [1.54, 1.807) is 6.07 Å². The predicted octanol–water partition coefficient (Wildman–Crippen LogP) is 2.80. The summed E-state index contributed by atoms with van der Waals surface area (Å²) in [7, 11) is 0. The van der Waals surface area contributed by atoms with Crippen LogP contribution in [0.2, 0.25) is 0 Å². The predicted molar refractivity (Wildman–Crippen MR) is 93.8 cm³/mol. The van der Waals surface area contributed by atoms with Crippen LogP contribution in [-0.4, -0.2) is 36.3 Å². The minimum absolute atomic E-state index is 0.00602. The smallest absolute Gasteiger partial charge is 0.271 e. The molecule has 0 aliphatic rings. The minimum Gasteiger partial charge on any atom is -0.492 e. The lowest BCUT2D eigenvalue weighted by Gasteiger charge is -2.14. The number of non-ortho nitro benzene ring substituents is 1. The first-order valence-electron chi connectivity index (χ1n) is 7.66. The van der Waals surface area contributed by atoms with Crippen molar-refractivity contribution in [2.45, 2.75) is 6.92 Å². The topological polar surface area (TPSA) is 96.7 Å². The molecule has 2 rings (SSSR count). The Morgan fingerprint density at radius 3 is 2.46 bits per heavy atom.